The Hall–Kier alpha value is -2.48. The van der Waals surface area contributed by atoms with Crippen LogP contribution in [-0.2, 0) is 0 Å². The molecule has 0 saturated carbocycles. The van der Waals surface area contributed by atoms with Gasteiger partial charge >= 0.3 is 0 Å². The lowest BCUT2D eigenvalue weighted by molar-refractivity contribution is -0.0495. The molecule has 0 bridgehead atoms. The van der Waals surface area contributed by atoms with Crippen LogP contribution >= 0.6 is 0 Å². The van der Waals surface area contributed by atoms with Crippen LogP contribution in [0.2, 0.25) is 0 Å². The zero-order valence-electron chi connectivity index (χ0n) is 16.4. The number of aromatic nitrogens is 1. The molecule has 0 amide bonds. The van der Waals surface area contributed by atoms with Crippen LogP contribution in [0.4, 0.5) is 20.3 Å². The summed E-state index contributed by atoms with van der Waals surface area (Å²) in [6.45, 7) is 4.08. The molecule has 5 rings (SSSR count). The van der Waals surface area contributed by atoms with Crippen molar-refractivity contribution in [3.63, 3.8) is 0 Å². The minimum absolute atomic E-state index is 0.132. The van der Waals surface area contributed by atoms with Crippen molar-refractivity contribution >= 4 is 17.3 Å². The van der Waals surface area contributed by atoms with Crippen molar-refractivity contribution in [3.8, 4) is 0 Å². The molecular formula is C21H25F2N5O. The number of likely N-dealkylation sites (tertiary alicyclic amines) is 1. The van der Waals surface area contributed by atoms with Crippen LogP contribution in [-0.4, -0.2) is 64.9 Å². The van der Waals surface area contributed by atoms with Gasteiger partial charge in [-0.25, -0.2) is 18.8 Å². The van der Waals surface area contributed by atoms with Crippen LogP contribution in [0.15, 0.2) is 41.2 Å². The Bertz CT molecular complexity index is 904. The summed E-state index contributed by atoms with van der Waals surface area (Å²) in [6, 6.07) is 3.78. The molecule has 2 N–H and O–H groups in total. The molecule has 154 valence electrons. The summed E-state index contributed by atoms with van der Waals surface area (Å²) < 4.78 is 28.3. The predicted molar refractivity (Wildman–Crippen MR) is 109 cm³/mol. The summed E-state index contributed by atoms with van der Waals surface area (Å²) in [5.41, 5.74) is 0.944. The summed E-state index contributed by atoms with van der Waals surface area (Å²) in [7, 11) is 0. The van der Waals surface area contributed by atoms with Gasteiger partial charge in [-0.3, -0.25) is 0 Å². The topological polar surface area (TPSA) is 64.0 Å². The summed E-state index contributed by atoms with van der Waals surface area (Å²) in [6.07, 6.45) is 4.44. The number of hydrogen-bond donors (Lipinski definition) is 2. The normalized spacial score (nSPS) is 30.3. The number of aliphatic hydroxyl groups is 1. The fourth-order valence-electron chi connectivity index (χ4n) is 4.82. The fourth-order valence-corrected chi connectivity index (χ4v) is 4.82. The highest BCUT2D eigenvalue weighted by molar-refractivity contribution is 6.03. The van der Waals surface area contributed by atoms with Gasteiger partial charge < -0.3 is 20.2 Å². The number of halogens is 2. The van der Waals surface area contributed by atoms with E-state index < -0.39 is 17.7 Å². The molecule has 0 radical (unpaired) electrons. The largest absolute Gasteiger partial charge is 0.386 e. The highest BCUT2D eigenvalue weighted by Crippen LogP contribution is 2.36. The van der Waals surface area contributed by atoms with Gasteiger partial charge in [0, 0.05) is 31.6 Å². The highest BCUT2D eigenvalue weighted by Gasteiger charge is 2.41. The second-order valence-corrected chi connectivity index (χ2v) is 8.57. The average molecular weight is 401 g/mol. The van der Waals surface area contributed by atoms with E-state index in [2.05, 4.69) is 15.2 Å². The molecule has 0 aromatic carbocycles. The number of pyridine rings is 1. The van der Waals surface area contributed by atoms with Gasteiger partial charge in [0.05, 0.1) is 11.3 Å². The molecule has 3 unspecified atom stereocenters. The molecule has 1 aromatic heterocycles. The van der Waals surface area contributed by atoms with E-state index in [1.165, 1.54) is 18.2 Å². The van der Waals surface area contributed by atoms with Crippen molar-refractivity contribution in [1.29, 1.82) is 0 Å². The van der Waals surface area contributed by atoms with Gasteiger partial charge in [0.25, 0.3) is 0 Å². The van der Waals surface area contributed by atoms with Crippen molar-refractivity contribution in [3.05, 3.63) is 41.9 Å². The Kier molecular flexibility index (Phi) is 4.34. The van der Waals surface area contributed by atoms with E-state index >= 15 is 0 Å². The Morgan fingerprint density at radius 2 is 2.14 bits per heavy atom. The van der Waals surface area contributed by atoms with Crippen LogP contribution in [0.5, 0.6) is 0 Å². The van der Waals surface area contributed by atoms with Gasteiger partial charge in [-0.05, 0) is 50.1 Å². The second kappa shape index (κ2) is 6.79. The molecule has 29 heavy (non-hydrogen) atoms. The van der Waals surface area contributed by atoms with Crippen molar-refractivity contribution < 1.29 is 13.9 Å². The molecule has 2 saturated heterocycles. The smallest absolute Gasteiger partial charge is 0.154 e. The third-order valence-electron chi connectivity index (χ3n) is 6.15. The van der Waals surface area contributed by atoms with Gasteiger partial charge in [0.15, 0.2) is 5.84 Å². The van der Waals surface area contributed by atoms with Gasteiger partial charge in [0.2, 0.25) is 0 Å². The monoisotopic (exact) mass is 401 g/mol. The Morgan fingerprint density at radius 3 is 2.93 bits per heavy atom. The Labute approximate surface area is 168 Å². The van der Waals surface area contributed by atoms with E-state index in [0.717, 1.165) is 42.4 Å². The van der Waals surface area contributed by atoms with Crippen molar-refractivity contribution in [2.24, 2.45) is 10.9 Å². The number of hydrogen-bond acceptors (Lipinski definition) is 6. The molecule has 1 aromatic rings. The van der Waals surface area contributed by atoms with E-state index in [4.69, 9.17) is 4.98 Å². The first-order chi connectivity index (χ1) is 13.9. The van der Waals surface area contributed by atoms with Crippen LogP contribution in [0.1, 0.15) is 25.5 Å². The number of amidine groups is 1. The van der Waals surface area contributed by atoms with Crippen molar-refractivity contribution in [2.45, 2.75) is 37.6 Å². The standard InChI is InChI=1S/C21H25F2N5O/c1-21(29)10-27(11-21)20-19-16(24-12-25-20)6-7-18(26-19)28-8-2-3-17(28)14-9-13(22)4-5-15(14)23/h4-7,9,14-15,17,24,29H,2-3,8,10-12H2,1H3. The Balaban J connectivity index is 1.44. The maximum atomic E-state index is 14.5. The molecule has 8 heteroatoms. The number of rotatable bonds is 2. The molecule has 4 heterocycles. The fraction of sp³-hybridized carbons (Fsp3) is 0.524. The Morgan fingerprint density at radius 1 is 1.31 bits per heavy atom. The van der Waals surface area contributed by atoms with Crippen LogP contribution in [0.3, 0.4) is 0 Å². The lowest BCUT2D eigenvalue weighted by Gasteiger charge is -2.46. The van der Waals surface area contributed by atoms with E-state index in [1.807, 2.05) is 24.0 Å². The number of nitrogens with one attached hydrogen (secondary N) is 1. The zero-order valence-corrected chi connectivity index (χ0v) is 16.4. The highest BCUT2D eigenvalue weighted by atomic mass is 19.1. The number of anilines is 2. The quantitative estimate of drug-likeness (QED) is 0.798. The predicted octanol–water partition coefficient (Wildman–Crippen LogP) is 2.62. The maximum absolute atomic E-state index is 14.5. The van der Waals surface area contributed by atoms with Gasteiger partial charge in [-0.2, -0.15) is 0 Å². The summed E-state index contributed by atoms with van der Waals surface area (Å²) in [4.78, 5) is 13.6. The average Bonchev–Trinajstić information content (AvgIpc) is 3.16. The number of alkyl halides is 1. The number of β-amino-alcohol motifs (C(OH)–C–C–N with tert-alkyl or cyclic N) is 1. The SMILES string of the molecule is CC1(O)CN(C2=NCNc3ccc(N4CCCC4C4C=C(F)C=CC4F)nc32)C1. The molecule has 2 fully saturated rings. The molecule has 1 aliphatic carbocycles. The lowest BCUT2D eigenvalue weighted by atomic mass is 9.89. The van der Waals surface area contributed by atoms with E-state index in [1.54, 1.807) is 0 Å². The van der Waals surface area contributed by atoms with E-state index in [-0.39, 0.29) is 11.9 Å². The number of allylic oxidation sites excluding steroid dienone is 3. The summed E-state index contributed by atoms with van der Waals surface area (Å²) in [5, 5.41) is 13.3. The van der Waals surface area contributed by atoms with Gasteiger partial charge in [-0.1, -0.05) is 0 Å². The van der Waals surface area contributed by atoms with Crippen LogP contribution in [0, 0.1) is 5.92 Å². The third kappa shape index (κ3) is 3.29. The molecule has 6 nitrogen and oxygen atoms in total. The van der Waals surface area contributed by atoms with Gasteiger partial charge in [0.1, 0.15) is 30.2 Å². The number of nitrogens with zero attached hydrogens (tertiary/aromatic N) is 4. The molecule has 3 aliphatic heterocycles. The van der Waals surface area contributed by atoms with Gasteiger partial charge in [-0.15, -0.1) is 0 Å². The molecule has 0 spiro atoms. The maximum Gasteiger partial charge on any atom is 0.154 e. The minimum atomic E-state index is -1.19. The number of fused-ring (bicyclic) bond motifs is 1. The minimum Gasteiger partial charge on any atom is -0.386 e. The third-order valence-corrected chi connectivity index (χ3v) is 6.15. The van der Waals surface area contributed by atoms with Crippen LogP contribution < -0.4 is 10.2 Å². The second-order valence-electron chi connectivity index (χ2n) is 8.57. The lowest BCUT2D eigenvalue weighted by Crippen LogP contribution is -2.62. The van der Waals surface area contributed by atoms with Crippen molar-refractivity contribution in [1.82, 2.24) is 9.88 Å². The van der Waals surface area contributed by atoms with Crippen LogP contribution in [0.25, 0.3) is 0 Å². The zero-order chi connectivity index (χ0) is 20.2. The van der Waals surface area contributed by atoms with E-state index in [9.17, 15) is 13.9 Å². The molecule has 3 atom stereocenters. The van der Waals surface area contributed by atoms with E-state index in [0.29, 0.717) is 19.8 Å². The molecular weight excluding hydrogens is 376 g/mol. The molecule has 4 aliphatic rings. The summed E-state index contributed by atoms with van der Waals surface area (Å²) >= 11 is 0. The first-order valence-corrected chi connectivity index (χ1v) is 10.1. The van der Waals surface area contributed by atoms with Crippen molar-refractivity contribution in [2.75, 3.05) is 36.5 Å². The number of aliphatic imine (C=N–C) groups is 1. The summed E-state index contributed by atoms with van der Waals surface area (Å²) in [5.74, 6) is 0.637. The first kappa shape index (κ1) is 18.5. The first-order valence-electron chi connectivity index (χ1n) is 10.1.